The summed E-state index contributed by atoms with van der Waals surface area (Å²) in [6, 6.07) is 20.1. The molecule has 0 unspecified atom stereocenters. The number of benzene rings is 3. The Morgan fingerprint density at radius 3 is 2.63 bits per heavy atom. The fraction of sp³-hybridized carbons (Fsp3) is 0.233. The number of aromatic nitrogens is 3. The van der Waals surface area contributed by atoms with E-state index in [0.29, 0.717) is 23.2 Å². The molecule has 13 heteroatoms. The minimum atomic E-state index is -4.75. The lowest BCUT2D eigenvalue weighted by atomic mass is 10.0. The van der Waals surface area contributed by atoms with Gasteiger partial charge in [-0.2, -0.15) is 4.99 Å². The maximum Gasteiger partial charge on any atom is 0.573 e. The van der Waals surface area contributed by atoms with Gasteiger partial charge in [0, 0.05) is 12.1 Å². The number of amides is 3. The van der Waals surface area contributed by atoms with E-state index < -0.39 is 12.4 Å². The van der Waals surface area contributed by atoms with E-state index in [9.17, 15) is 22.8 Å². The Morgan fingerprint density at radius 2 is 1.86 bits per heavy atom. The Balaban J connectivity index is 1.11. The fourth-order valence-corrected chi connectivity index (χ4v) is 5.32. The van der Waals surface area contributed by atoms with Gasteiger partial charge in [0.05, 0.1) is 17.1 Å². The third-order valence-corrected chi connectivity index (χ3v) is 7.42. The van der Waals surface area contributed by atoms with Gasteiger partial charge < -0.3 is 10.1 Å². The highest BCUT2D eigenvalue weighted by Crippen LogP contribution is 2.29. The molecule has 3 aromatic carbocycles. The van der Waals surface area contributed by atoms with Crippen LogP contribution in [-0.2, 0) is 11.2 Å². The van der Waals surface area contributed by atoms with Gasteiger partial charge in [-0.1, -0.05) is 48.2 Å². The first-order valence-corrected chi connectivity index (χ1v) is 14.4. The number of unbranched alkanes of at least 4 members (excludes halogenated alkanes) is 1. The van der Waals surface area contributed by atoms with Crippen LogP contribution in [0.15, 0.2) is 84.1 Å². The highest BCUT2D eigenvalue weighted by atomic mass is 32.2. The number of ether oxygens (including phenoxy) is 1. The zero-order valence-corrected chi connectivity index (χ0v) is 23.9. The van der Waals surface area contributed by atoms with E-state index in [4.69, 9.17) is 0 Å². The van der Waals surface area contributed by atoms with E-state index >= 15 is 0 Å². The molecule has 5 rings (SSSR count). The fourth-order valence-electron chi connectivity index (χ4n) is 4.46. The second-order valence-electron chi connectivity index (χ2n) is 9.64. The molecule has 0 spiro atoms. The van der Waals surface area contributed by atoms with Crippen LogP contribution in [0.4, 0.5) is 23.7 Å². The first kappa shape index (κ1) is 29.8. The quantitative estimate of drug-likeness (QED) is 0.224. The lowest BCUT2D eigenvalue weighted by Crippen LogP contribution is -2.32. The number of alkyl halides is 3. The van der Waals surface area contributed by atoms with Crippen LogP contribution in [0, 0.1) is 6.92 Å². The number of nitrogens with zero attached hydrogens (tertiary/aromatic N) is 5. The van der Waals surface area contributed by atoms with Crippen molar-refractivity contribution in [3.05, 3.63) is 90.3 Å². The number of para-hydroxylation sites is 1. The molecule has 3 amide bonds. The third kappa shape index (κ3) is 7.80. The first-order valence-electron chi connectivity index (χ1n) is 13.4. The van der Waals surface area contributed by atoms with Gasteiger partial charge in [0.15, 0.2) is 11.0 Å². The zero-order chi connectivity index (χ0) is 30.4. The molecule has 1 saturated heterocycles. The molecular formula is C30H27F3N6O3S. The summed E-state index contributed by atoms with van der Waals surface area (Å²) >= 11 is 1.24. The molecule has 0 bridgehead atoms. The van der Waals surface area contributed by atoms with E-state index in [0.717, 1.165) is 41.6 Å². The summed E-state index contributed by atoms with van der Waals surface area (Å²) in [6.07, 6.45) is -0.942. The topological polar surface area (TPSA) is 102 Å². The summed E-state index contributed by atoms with van der Waals surface area (Å²) in [7, 11) is 0. The average molecular weight is 609 g/mol. The van der Waals surface area contributed by atoms with Crippen molar-refractivity contribution in [1.29, 1.82) is 0 Å². The van der Waals surface area contributed by atoms with Crippen LogP contribution in [0.5, 0.6) is 5.75 Å². The van der Waals surface area contributed by atoms with Crippen molar-refractivity contribution in [3.63, 3.8) is 0 Å². The Labute approximate surface area is 249 Å². The second-order valence-corrected chi connectivity index (χ2v) is 10.6. The second kappa shape index (κ2) is 13.1. The van der Waals surface area contributed by atoms with Gasteiger partial charge in [-0.15, -0.1) is 18.3 Å². The van der Waals surface area contributed by atoms with Gasteiger partial charge in [-0.05, 0) is 73.7 Å². The summed E-state index contributed by atoms with van der Waals surface area (Å²) in [4.78, 5) is 34.9. The van der Waals surface area contributed by atoms with Crippen LogP contribution in [0.2, 0.25) is 0 Å². The Morgan fingerprint density at radius 1 is 1.07 bits per heavy atom. The third-order valence-electron chi connectivity index (χ3n) is 6.50. The molecule has 9 nitrogen and oxygen atoms in total. The Hall–Kier alpha value is -4.65. The number of carbonyl (C=O) groups excluding carboxylic acids is 2. The summed E-state index contributed by atoms with van der Waals surface area (Å²) in [6.45, 7) is 2.35. The van der Waals surface area contributed by atoms with Crippen molar-refractivity contribution in [2.45, 2.75) is 32.5 Å². The number of hydrogen-bond donors (Lipinski definition) is 1. The minimum absolute atomic E-state index is 0.108. The number of anilines is 1. The lowest BCUT2D eigenvalue weighted by Gasteiger charge is -2.18. The van der Waals surface area contributed by atoms with Gasteiger partial charge in [-0.25, -0.2) is 14.5 Å². The van der Waals surface area contributed by atoms with Crippen LogP contribution in [0.25, 0.3) is 17.1 Å². The number of nitrogens with one attached hydrogen (secondary N) is 1. The van der Waals surface area contributed by atoms with E-state index in [-0.39, 0.29) is 17.4 Å². The predicted octanol–water partition coefficient (Wildman–Crippen LogP) is 6.31. The minimum Gasteiger partial charge on any atom is -0.406 e. The number of hydrogen-bond acceptors (Lipinski definition) is 6. The highest BCUT2D eigenvalue weighted by Gasteiger charge is 2.32. The lowest BCUT2D eigenvalue weighted by molar-refractivity contribution is -0.274. The van der Waals surface area contributed by atoms with Gasteiger partial charge in [0.25, 0.3) is 0 Å². The van der Waals surface area contributed by atoms with Crippen molar-refractivity contribution in [1.82, 2.24) is 20.1 Å². The Kier molecular flexibility index (Phi) is 9.10. The van der Waals surface area contributed by atoms with Gasteiger partial charge in [-0.3, -0.25) is 9.69 Å². The SMILES string of the molecule is Cc1ccccc1N1C(=O)CSC1=NC(=O)NCCCCc1cccc(-c2ncn(-c3ccc(OC(F)(F)F)cc3)n2)c1. The number of aryl methyl sites for hydroxylation is 2. The maximum atomic E-state index is 12.5. The van der Waals surface area contributed by atoms with Crippen LogP contribution in [0.3, 0.4) is 0 Å². The normalized spacial score (nSPS) is 14.4. The van der Waals surface area contributed by atoms with E-state index in [1.807, 2.05) is 55.5 Å². The molecule has 0 aliphatic carbocycles. The summed E-state index contributed by atoms with van der Waals surface area (Å²) < 4.78 is 42.6. The number of thioether (sulfide) groups is 1. The Bertz CT molecular complexity index is 1640. The zero-order valence-electron chi connectivity index (χ0n) is 23.0. The molecule has 1 aliphatic rings. The molecular weight excluding hydrogens is 581 g/mol. The monoisotopic (exact) mass is 608 g/mol. The molecule has 0 atom stereocenters. The number of amidine groups is 1. The predicted molar refractivity (Wildman–Crippen MR) is 158 cm³/mol. The number of urea groups is 1. The molecule has 0 radical (unpaired) electrons. The maximum absolute atomic E-state index is 12.5. The summed E-state index contributed by atoms with van der Waals surface area (Å²) in [5.74, 6) is 0.296. The molecule has 1 N–H and O–H groups in total. The summed E-state index contributed by atoms with van der Waals surface area (Å²) in [5.41, 5.74) is 4.07. The van der Waals surface area contributed by atoms with Crippen molar-refractivity contribution in [2.24, 2.45) is 4.99 Å². The first-order chi connectivity index (χ1) is 20.7. The van der Waals surface area contributed by atoms with Crippen LogP contribution < -0.4 is 15.0 Å². The van der Waals surface area contributed by atoms with Gasteiger partial charge in [0.2, 0.25) is 5.91 Å². The molecule has 2 heterocycles. The summed E-state index contributed by atoms with van der Waals surface area (Å²) in [5, 5.41) is 7.63. The van der Waals surface area contributed by atoms with Crippen molar-refractivity contribution < 1.29 is 27.5 Å². The molecule has 1 fully saturated rings. The van der Waals surface area contributed by atoms with Crippen molar-refractivity contribution in [2.75, 3.05) is 17.2 Å². The molecule has 4 aromatic rings. The molecule has 43 heavy (non-hydrogen) atoms. The van der Waals surface area contributed by atoms with E-state index in [1.54, 1.807) is 0 Å². The number of rotatable bonds is 9. The molecule has 1 aromatic heterocycles. The number of carbonyl (C=O) groups is 2. The largest absolute Gasteiger partial charge is 0.573 e. The number of halogens is 3. The number of aliphatic imine (C=N–C) groups is 1. The van der Waals surface area contributed by atoms with E-state index in [2.05, 4.69) is 25.1 Å². The van der Waals surface area contributed by atoms with Crippen LogP contribution >= 0.6 is 11.8 Å². The van der Waals surface area contributed by atoms with Gasteiger partial charge in [0.1, 0.15) is 12.1 Å². The molecule has 222 valence electrons. The standard InChI is InChI=1S/C30H27F3N6O3S/c1-20-7-2-3-11-25(20)39-26(40)18-43-29(39)36-28(41)34-16-5-4-8-21-9-6-10-22(17-21)27-35-19-38(37-27)23-12-14-24(15-13-23)42-30(31,32)33/h2-3,6-7,9-15,17,19H,4-5,8,16,18H2,1H3,(H,34,41). The van der Waals surface area contributed by atoms with Crippen molar-refractivity contribution in [3.8, 4) is 22.8 Å². The smallest absolute Gasteiger partial charge is 0.406 e. The van der Waals surface area contributed by atoms with E-state index in [1.165, 1.54) is 51.9 Å². The average Bonchev–Trinajstić information content (AvgIpc) is 3.60. The highest BCUT2D eigenvalue weighted by molar-refractivity contribution is 8.15. The molecule has 0 saturated carbocycles. The van der Waals surface area contributed by atoms with Crippen LogP contribution in [0.1, 0.15) is 24.0 Å². The van der Waals surface area contributed by atoms with Crippen LogP contribution in [-0.4, -0.2) is 50.5 Å². The molecule has 1 aliphatic heterocycles. The van der Waals surface area contributed by atoms with Crippen molar-refractivity contribution >= 4 is 34.6 Å². The van der Waals surface area contributed by atoms with Gasteiger partial charge >= 0.3 is 12.4 Å².